The molecule has 1 aromatic rings. The molecule has 1 atom stereocenters. The zero-order valence-corrected chi connectivity index (χ0v) is 12.0. The monoisotopic (exact) mass is 256 g/mol. The summed E-state index contributed by atoms with van der Waals surface area (Å²) in [6.07, 6.45) is 0. The Morgan fingerprint density at radius 1 is 1.47 bits per heavy atom. The number of aromatic nitrogens is 1. The number of hydrogen-bond donors (Lipinski definition) is 0. The van der Waals surface area contributed by atoms with Crippen LogP contribution < -0.4 is 0 Å². The SMILES string of the molecule is Cc1cc(C(=O)C(C)Cl)c(C)n1CCN(C)C. The van der Waals surface area contributed by atoms with Gasteiger partial charge in [-0.25, -0.2) is 0 Å². The van der Waals surface area contributed by atoms with Crippen molar-refractivity contribution in [2.75, 3.05) is 20.6 Å². The maximum absolute atomic E-state index is 11.9. The fraction of sp³-hybridized carbons (Fsp3) is 0.615. The average molecular weight is 257 g/mol. The van der Waals surface area contributed by atoms with Crippen molar-refractivity contribution in [3.63, 3.8) is 0 Å². The number of carbonyl (C=O) groups excluding carboxylic acids is 1. The number of halogens is 1. The fourth-order valence-electron chi connectivity index (χ4n) is 1.91. The van der Waals surface area contributed by atoms with Crippen molar-refractivity contribution in [1.29, 1.82) is 0 Å². The molecular weight excluding hydrogens is 236 g/mol. The molecule has 1 aromatic heterocycles. The van der Waals surface area contributed by atoms with Crippen LogP contribution in [-0.4, -0.2) is 41.3 Å². The van der Waals surface area contributed by atoms with E-state index in [0.717, 1.165) is 30.0 Å². The third kappa shape index (κ3) is 3.33. The van der Waals surface area contributed by atoms with Crippen molar-refractivity contribution in [1.82, 2.24) is 9.47 Å². The van der Waals surface area contributed by atoms with Gasteiger partial charge in [0.15, 0.2) is 5.78 Å². The molecule has 0 aliphatic carbocycles. The van der Waals surface area contributed by atoms with Crippen molar-refractivity contribution in [2.45, 2.75) is 32.7 Å². The van der Waals surface area contributed by atoms with Crippen molar-refractivity contribution >= 4 is 17.4 Å². The van der Waals surface area contributed by atoms with Crippen LogP contribution in [0.1, 0.15) is 28.7 Å². The lowest BCUT2D eigenvalue weighted by Gasteiger charge is -2.14. The molecule has 3 nitrogen and oxygen atoms in total. The van der Waals surface area contributed by atoms with Gasteiger partial charge in [-0.05, 0) is 40.9 Å². The second-order valence-corrected chi connectivity index (χ2v) is 5.37. The highest BCUT2D eigenvalue weighted by Crippen LogP contribution is 2.18. The summed E-state index contributed by atoms with van der Waals surface area (Å²) < 4.78 is 2.17. The van der Waals surface area contributed by atoms with Crippen LogP contribution in [0, 0.1) is 13.8 Å². The summed E-state index contributed by atoms with van der Waals surface area (Å²) in [6, 6.07) is 1.94. The summed E-state index contributed by atoms with van der Waals surface area (Å²) in [5, 5.41) is -0.460. The Balaban J connectivity index is 2.97. The second kappa shape index (κ2) is 5.69. The lowest BCUT2D eigenvalue weighted by atomic mass is 10.1. The van der Waals surface area contributed by atoms with E-state index >= 15 is 0 Å². The maximum Gasteiger partial charge on any atom is 0.182 e. The molecule has 1 rings (SSSR count). The van der Waals surface area contributed by atoms with E-state index in [2.05, 4.69) is 9.47 Å². The Kier molecular flexibility index (Phi) is 4.78. The summed E-state index contributed by atoms with van der Waals surface area (Å²) in [6.45, 7) is 7.58. The van der Waals surface area contributed by atoms with E-state index in [0.29, 0.717) is 0 Å². The van der Waals surface area contributed by atoms with Gasteiger partial charge in [0.25, 0.3) is 0 Å². The van der Waals surface area contributed by atoms with Gasteiger partial charge in [-0.15, -0.1) is 11.6 Å². The first-order chi connectivity index (χ1) is 7.84. The zero-order chi connectivity index (χ0) is 13.2. The van der Waals surface area contributed by atoms with Crippen molar-refractivity contribution in [3.8, 4) is 0 Å². The molecule has 1 heterocycles. The molecule has 0 aliphatic rings. The molecule has 96 valence electrons. The minimum absolute atomic E-state index is 0.0101. The minimum atomic E-state index is -0.460. The van der Waals surface area contributed by atoms with E-state index in [9.17, 15) is 4.79 Å². The van der Waals surface area contributed by atoms with Crippen molar-refractivity contribution in [3.05, 3.63) is 23.0 Å². The number of hydrogen-bond acceptors (Lipinski definition) is 2. The summed E-state index contributed by atoms with van der Waals surface area (Å²) in [5.74, 6) is 0.0101. The van der Waals surface area contributed by atoms with Gasteiger partial charge in [-0.3, -0.25) is 4.79 Å². The quantitative estimate of drug-likeness (QED) is 0.597. The van der Waals surface area contributed by atoms with E-state index < -0.39 is 5.38 Å². The highest BCUT2D eigenvalue weighted by Gasteiger charge is 2.19. The predicted molar refractivity (Wildman–Crippen MR) is 72.1 cm³/mol. The average Bonchev–Trinajstić information content (AvgIpc) is 2.50. The minimum Gasteiger partial charge on any atom is -0.347 e. The van der Waals surface area contributed by atoms with Crippen molar-refractivity contribution in [2.24, 2.45) is 0 Å². The zero-order valence-electron chi connectivity index (χ0n) is 11.2. The normalized spacial score (nSPS) is 13.1. The molecule has 0 saturated heterocycles. The van der Waals surface area contributed by atoms with Gasteiger partial charge in [0.1, 0.15) is 0 Å². The van der Waals surface area contributed by atoms with E-state index in [1.54, 1.807) is 6.92 Å². The number of ketones is 1. The number of alkyl halides is 1. The van der Waals surface area contributed by atoms with Gasteiger partial charge in [0.2, 0.25) is 0 Å². The number of carbonyl (C=O) groups is 1. The Labute approximate surface area is 108 Å². The third-order valence-electron chi connectivity index (χ3n) is 2.97. The second-order valence-electron chi connectivity index (χ2n) is 4.72. The maximum atomic E-state index is 11.9. The first-order valence-corrected chi connectivity index (χ1v) is 6.28. The van der Waals surface area contributed by atoms with Crippen LogP contribution >= 0.6 is 11.6 Å². The Bertz CT molecular complexity index is 408. The topological polar surface area (TPSA) is 25.2 Å². The lowest BCUT2D eigenvalue weighted by molar-refractivity contribution is 0.0991. The Morgan fingerprint density at radius 3 is 2.53 bits per heavy atom. The molecule has 17 heavy (non-hydrogen) atoms. The van der Waals surface area contributed by atoms with Crippen LogP contribution in [0.4, 0.5) is 0 Å². The summed E-state index contributed by atoms with van der Waals surface area (Å²) in [4.78, 5) is 14.0. The van der Waals surface area contributed by atoms with Crippen molar-refractivity contribution < 1.29 is 4.79 Å². The molecule has 0 amide bonds. The van der Waals surface area contributed by atoms with Gasteiger partial charge in [0.05, 0.1) is 5.38 Å². The first-order valence-electron chi connectivity index (χ1n) is 5.84. The van der Waals surface area contributed by atoms with E-state index in [1.165, 1.54) is 0 Å². The van der Waals surface area contributed by atoms with Crippen LogP contribution in [-0.2, 0) is 6.54 Å². The van der Waals surface area contributed by atoms with E-state index in [4.69, 9.17) is 11.6 Å². The van der Waals surface area contributed by atoms with Gasteiger partial charge in [-0.2, -0.15) is 0 Å². The largest absolute Gasteiger partial charge is 0.347 e. The molecular formula is C13H21ClN2O. The van der Waals surface area contributed by atoms with Gasteiger partial charge in [0, 0.05) is 30.0 Å². The number of Topliss-reactive ketones (excluding diaryl/α,β-unsaturated/α-hetero) is 1. The molecule has 0 radical (unpaired) electrons. The molecule has 1 unspecified atom stereocenters. The van der Waals surface area contributed by atoms with Crippen LogP contribution in [0.15, 0.2) is 6.07 Å². The van der Waals surface area contributed by atoms with E-state index in [1.807, 2.05) is 34.0 Å². The molecule has 0 aromatic carbocycles. The van der Waals surface area contributed by atoms with Crippen LogP contribution in [0.3, 0.4) is 0 Å². The molecule has 0 N–H and O–H groups in total. The van der Waals surface area contributed by atoms with Crippen LogP contribution in [0.25, 0.3) is 0 Å². The molecule has 4 heteroatoms. The molecule has 0 aliphatic heterocycles. The Hall–Kier alpha value is -0.800. The van der Waals surface area contributed by atoms with Crippen LogP contribution in [0.2, 0.25) is 0 Å². The summed E-state index contributed by atoms with van der Waals surface area (Å²) in [5.41, 5.74) is 2.88. The fourth-order valence-corrected chi connectivity index (χ4v) is 2.03. The molecule has 0 saturated carbocycles. The molecule has 0 fully saturated rings. The predicted octanol–water partition coefficient (Wildman–Crippen LogP) is 2.48. The summed E-state index contributed by atoms with van der Waals surface area (Å²) in [7, 11) is 4.09. The smallest absolute Gasteiger partial charge is 0.182 e. The van der Waals surface area contributed by atoms with E-state index in [-0.39, 0.29) is 5.78 Å². The number of rotatable bonds is 5. The number of likely N-dealkylation sites (N-methyl/N-ethyl adjacent to an activating group) is 1. The third-order valence-corrected chi connectivity index (χ3v) is 3.17. The first kappa shape index (κ1) is 14.3. The highest BCUT2D eigenvalue weighted by molar-refractivity contribution is 6.33. The molecule has 0 spiro atoms. The lowest BCUT2D eigenvalue weighted by Crippen LogP contribution is -2.20. The van der Waals surface area contributed by atoms with Gasteiger partial charge in [-0.1, -0.05) is 0 Å². The highest BCUT2D eigenvalue weighted by atomic mass is 35.5. The standard InChI is InChI=1S/C13H21ClN2O/c1-9-8-12(13(17)10(2)14)11(3)16(9)7-6-15(4)5/h8,10H,6-7H2,1-5H3. The molecule has 0 bridgehead atoms. The number of nitrogens with zero attached hydrogens (tertiary/aromatic N) is 2. The van der Waals surface area contributed by atoms with Crippen LogP contribution in [0.5, 0.6) is 0 Å². The number of aryl methyl sites for hydroxylation is 1. The summed E-state index contributed by atoms with van der Waals surface area (Å²) >= 11 is 5.86. The van der Waals surface area contributed by atoms with Gasteiger partial charge < -0.3 is 9.47 Å². The van der Waals surface area contributed by atoms with Gasteiger partial charge >= 0.3 is 0 Å². The Morgan fingerprint density at radius 2 is 2.06 bits per heavy atom.